The Morgan fingerprint density at radius 2 is 2.40 bits per heavy atom. The van der Waals surface area contributed by atoms with Crippen LogP contribution in [0, 0.1) is 5.92 Å². The maximum Gasteiger partial charge on any atom is 0.356 e. The average molecular weight is 275 g/mol. The van der Waals surface area contributed by atoms with Gasteiger partial charge in [0.05, 0.1) is 6.61 Å². The summed E-state index contributed by atoms with van der Waals surface area (Å²) in [7, 11) is 1.69. The van der Waals surface area contributed by atoms with Crippen molar-refractivity contribution in [2.24, 2.45) is 5.92 Å². The number of imidazole rings is 1. The van der Waals surface area contributed by atoms with Crippen LogP contribution >= 0.6 is 0 Å². The first kappa shape index (κ1) is 12.9. The minimum atomic E-state index is -0.950. The number of anilines is 1. The molecule has 0 aromatic carbocycles. The zero-order chi connectivity index (χ0) is 14.1. The summed E-state index contributed by atoms with van der Waals surface area (Å²) in [5.41, 5.74) is 0.897. The number of carbonyl (C=O) groups is 1. The lowest BCUT2D eigenvalue weighted by Crippen LogP contribution is -2.23. The first-order chi connectivity index (χ1) is 9.70. The van der Waals surface area contributed by atoms with Gasteiger partial charge in [-0.2, -0.15) is 0 Å². The van der Waals surface area contributed by atoms with Crippen molar-refractivity contribution in [1.82, 2.24) is 9.38 Å². The highest BCUT2D eigenvalue weighted by Crippen LogP contribution is 2.27. The summed E-state index contributed by atoms with van der Waals surface area (Å²) in [5.74, 6) is 0.0441. The van der Waals surface area contributed by atoms with E-state index in [1.807, 2.05) is 23.1 Å². The molecule has 3 rings (SSSR count). The smallest absolute Gasteiger partial charge is 0.356 e. The van der Waals surface area contributed by atoms with E-state index in [0.29, 0.717) is 24.0 Å². The van der Waals surface area contributed by atoms with E-state index < -0.39 is 5.97 Å². The number of carboxylic acids is 1. The Morgan fingerprint density at radius 1 is 1.55 bits per heavy atom. The van der Waals surface area contributed by atoms with E-state index in [4.69, 9.17) is 4.74 Å². The van der Waals surface area contributed by atoms with Gasteiger partial charge in [0.15, 0.2) is 11.5 Å². The number of carboxylic acid groups (broad SMARTS) is 1. The number of aromatic nitrogens is 2. The van der Waals surface area contributed by atoms with E-state index >= 15 is 0 Å². The fourth-order valence-electron chi connectivity index (χ4n) is 2.80. The van der Waals surface area contributed by atoms with Gasteiger partial charge in [-0.1, -0.05) is 6.07 Å². The van der Waals surface area contributed by atoms with Crippen molar-refractivity contribution < 1.29 is 14.6 Å². The second kappa shape index (κ2) is 5.13. The number of fused-ring (bicyclic) bond motifs is 1. The second-order valence-electron chi connectivity index (χ2n) is 5.07. The van der Waals surface area contributed by atoms with Gasteiger partial charge < -0.3 is 14.7 Å². The van der Waals surface area contributed by atoms with Crippen molar-refractivity contribution in [3.8, 4) is 0 Å². The van der Waals surface area contributed by atoms with Crippen molar-refractivity contribution in [3.05, 3.63) is 30.1 Å². The quantitative estimate of drug-likeness (QED) is 0.916. The lowest BCUT2D eigenvalue weighted by Gasteiger charge is -2.16. The van der Waals surface area contributed by atoms with E-state index in [1.54, 1.807) is 17.7 Å². The number of ether oxygens (including phenoxy) is 1. The van der Waals surface area contributed by atoms with Gasteiger partial charge in [0.25, 0.3) is 0 Å². The van der Waals surface area contributed by atoms with Crippen LogP contribution in [0.4, 0.5) is 5.82 Å². The maximum atomic E-state index is 11.5. The van der Waals surface area contributed by atoms with Gasteiger partial charge in [0.2, 0.25) is 0 Å². The predicted molar refractivity (Wildman–Crippen MR) is 74.3 cm³/mol. The molecule has 106 valence electrons. The molecule has 1 aliphatic rings. The highest BCUT2D eigenvalue weighted by molar-refractivity contribution is 5.93. The normalized spacial score (nSPS) is 18.9. The number of nitrogens with zero attached hydrogens (tertiary/aromatic N) is 3. The fourth-order valence-corrected chi connectivity index (χ4v) is 2.80. The average Bonchev–Trinajstić information content (AvgIpc) is 3.02. The van der Waals surface area contributed by atoms with Gasteiger partial charge in [-0.25, -0.2) is 9.78 Å². The Bertz CT molecular complexity index is 638. The van der Waals surface area contributed by atoms with Gasteiger partial charge in [-0.3, -0.25) is 4.40 Å². The van der Waals surface area contributed by atoms with Crippen LogP contribution in [0.25, 0.3) is 5.65 Å². The lowest BCUT2D eigenvalue weighted by atomic mass is 10.1. The largest absolute Gasteiger partial charge is 0.476 e. The molecule has 0 radical (unpaired) electrons. The Balaban J connectivity index is 1.99. The minimum absolute atomic E-state index is 0.235. The highest BCUT2D eigenvalue weighted by Gasteiger charge is 2.29. The molecule has 0 saturated carbocycles. The Kier molecular flexibility index (Phi) is 3.31. The summed E-state index contributed by atoms with van der Waals surface area (Å²) in [6.07, 6.45) is 2.73. The molecule has 6 nitrogen and oxygen atoms in total. The van der Waals surface area contributed by atoms with Crippen LogP contribution in [0.15, 0.2) is 24.4 Å². The first-order valence-corrected chi connectivity index (χ1v) is 6.65. The van der Waals surface area contributed by atoms with Gasteiger partial charge in [0.1, 0.15) is 5.65 Å². The molecule has 1 saturated heterocycles. The number of rotatable bonds is 4. The Labute approximate surface area is 116 Å². The maximum absolute atomic E-state index is 11.5. The Hall–Kier alpha value is -2.08. The molecule has 3 heterocycles. The second-order valence-corrected chi connectivity index (χ2v) is 5.07. The molecule has 2 aromatic heterocycles. The van der Waals surface area contributed by atoms with Gasteiger partial charge in [-0.05, 0) is 18.6 Å². The number of hydrogen-bond acceptors (Lipinski definition) is 4. The topological polar surface area (TPSA) is 67.1 Å². The first-order valence-electron chi connectivity index (χ1n) is 6.65. The molecule has 2 aromatic rings. The summed E-state index contributed by atoms with van der Waals surface area (Å²) >= 11 is 0. The number of hydrogen-bond donors (Lipinski definition) is 1. The summed E-state index contributed by atoms with van der Waals surface area (Å²) < 4.78 is 6.80. The van der Waals surface area contributed by atoms with Crippen LogP contribution in [-0.4, -0.2) is 47.3 Å². The molecule has 1 fully saturated rings. The molecule has 0 aliphatic carbocycles. The van der Waals surface area contributed by atoms with Crippen molar-refractivity contribution >= 4 is 17.4 Å². The summed E-state index contributed by atoms with van der Waals surface area (Å²) in [5, 5.41) is 9.47. The van der Waals surface area contributed by atoms with Crippen LogP contribution in [0.3, 0.4) is 0 Å². The van der Waals surface area contributed by atoms with E-state index in [2.05, 4.69) is 4.98 Å². The number of aromatic carboxylic acids is 1. The monoisotopic (exact) mass is 275 g/mol. The van der Waals surface area contributed by atoms with Crippen LogP contribution in [0.1, 0.15) is 16.9 Å². The summed E-state index contributed by atoms with van der Waals surface area (Å²) in [6.45, 7) is 2.31. The summed E-state index contributed by atoms with van der Waals surface area (Å²) in [6, 6.07) is 5.48. The van der Waals surface area contributed by atoms with Gasteiger partial charge in [-0.15, -0.1) is 0 Å². The third kappa shape index (κ3) is 2.12. The van der Waals surface area contributed by atoms with Crippen molar-refractivity contribution in [2.75, 3.05) is 31.7 Å². The minimum Gasteiger partial charge on any atom is -0.476 e. The van der Waals surface area contributed by atoms with E-state index in [-0.39, 0.29) is 5.69 Å². The fraction of sp³-hybridized carbons (Fsp3) is 0.429. The predicted octanol–water partition coefficient (Wildman–Crippen LogP) is 1.51. The third-order valence-corrected chi connectivity index (χ3v) is 3.70. The van der Waals surface area contributed by atoms with E-state index in [9.17, 15) is 9.90 Å². The molecule has 1 unspecified atom stereocenters. The van der Waals surface area contributed by atoms with Crippen molar-refractivity contribution in [3.63, 3.8) is 0 Å². The zero-order valence-corrected chi connectivity index (χ0v) is 11.3. The van der Waals surface area contributed by atoms with Crippen molar-refractivity contribution in [2.45, 2.75) is 6.42 Å². The number of methoxy groups -OCH3 is 1. The van der Waals surface area contributed by atoms with Crippen LogP contribution < -0.4 is 4.90 Å². The third-order valence-electron chi connectivity index (χ3n) is 3.70. The van der Waals surface area contributed by atoms with E-state index in [1.165, 1.54) is 0 Å². The molecular formula is C14H17N3O3. The molecule has 0 bridgehead atoms. The number of pyridine rings is 1. The SMILES string of the molecule is COCC1CCN(c2nc3ccccn3c2C(=O)O)C1. The molecule has 0 amide bonds. The Morgan fingerprint density at radius 3 is 3.15 bits per heavy atom. The van der Waals surface area contributed by atoms with E-state index in [0.717, 1.165) is 19.5 Å². The van der Waals surface area contributed by atoms with Crippen LogP contribution in [-0.2, 0) is 4.74 Å². The molecule has 1 aliphatic heterocycles. The zero-order valence-electron chi connectivity index (χ0n) is 11.3. The van der Waals surface area contributed by atoms with Crippen LogP contribution in [0.5, 0.6) is 0 Å². The lowest BCUT2D eigenvalue weighted by molar-refractivity contribution is 0.0690. The van der Waals surface area contributed by atoms with Gasteiger partial charge in [0, 0.05) is 32.3 Å². The molecule has 0 spiro atoms. The van der Waals surface area contributed by atoms with Crippen LogP contribution in [0.2, 0.25) is 0 Å². The molecule has 1 atom stereocenters. The standard InChI is InChI=1S/C14H17N3O3/c1-20-9-10-5-7-16(8-10)13-12(14(18)19)17-6-3-2-4-11(17)15-13/h2-4,6,10H,5,7-9H2,1H3,(H,18,19). The van der Waals surface area contributed by atoms with Crippen molar-refractivity contribution in [1.29, 1.82) is 0 Å². The molecule has 20 heavy (non-hydrogen) atoms. The highest BCUT2D eigenvalue weighted by atomic mass is 16.5. The molecular weight excluding hydrogens is 258 g/mol. The van der Waals surface area contributed by atoms with Gasteiger partial charge >= 0.3 is 5.97 Å². The summed E-state index contributed by atoms with van der Waals surface area (Å²) in [4.78, 5) is 18.1. The molecule has 6 heteroatoms. The molecule has 1 N–H and O–H groups in total.